The predicted molar refractivity (Wildman–Crippen MR) is 86.2 cm³/mol. The summed E-state index contributed by atoms with van der Waals surface area (Å²) in [6.07, 6.45) is 0. The Hall–Kier alpha value is -0.620. The van der Waals surface area contributed by atoms with Crippen molar-refractivity contribution in [3.63, 3.8) is 0 Å². The lowest BCUT2D eigenvalue weighted by atomic mass is 10.2. The number of carbonyl (C=O) groups excluding carboxylic acids is 1. The first-order valence-corrected chi connectivity index (χ1v) is 7.63. The number of hydrogen-bond donors (Lipinski definition) is 1. The molecule has 1 amide bonds. The van der Waals surface area contributed by atoms with Crippen LogP contribution in [0.5, 0.6) is 0 Å². The van der Waals surface area contributed by atoms with E-state index in [9.17, 15) is 9.18 Å². The number of amides is 1. The van der Waals surface area contributed by atoms with Crippen LogP contribution in [0, 0.1) is 5.82 Å². The summed E-state index contributed by atoms with van der Waals surface area (Å²) in [6, 6.07) is 7.25. The molecule has 0 spiro atoms. The Kier molecular flexibility index (Phi) is 5.07. The van der Waals surface area contributed by atoms with Gasteiger partial charge in [-0.2, -0.15) is 0 Å². The van der Waals surface area contributed by atoms with Crippen LogP contribution in [0.2, 0.25) is 10.0 Å². The molecular formula is C13H6Br2Cl2FNO. The number of hydrogen-bond acceptors (Lipinski definition) is 1. The molecule has 2 nitrogen and oxygen atoms in total. The zero-order valence-electron chi connectivity index (χ0n) is 9.68. The van der Waals surface area contributed by atoms with Crippen LogP contribution in [0.1, 0.15) is 10.4 Å². The van der Waals surface area contributed by atoms with Crippen molar-refractivity contribution in [2.24, 2.45) is 0 Å². The van der Waals surface area contributed by atoms with Crippen LogP contribution in [0.3, 0.4) is 0 Å². The van der Waals surface area contributed by atoms with Gasteiger partial charge in [-0.1, -0.05) is 55.1 Å². The van der Waals surface area contributed by atoms with E-state index < -0.39 is 11.7 Å². The number of benzene rings is 2. The first kappa shape index (κ1) is 15.8. The summed E-state index contributed by atoms with van der Waals surface area (Å²) >= 11 is 18.4. The lowest BCUT2D eigenvalue weighted by Crippen LogP contribution is -2.14. The maximum absolute atomic E-state index is 13.6. The summed E-state index contributed by atoms with van der Waals surface area (Å²) in [4.78, 5) is 12.1. The van der Waals surface area contributed by atoms with E-state index in [0.29, 0.717) is 8.95 Å². The molecule has 7 heteroatoms. The topological polar surface area (TPSA) is 29.1 Å². The summed E-state index contributed by atoms with van der Waals surface area (Å²) in [5, 5.41) is 3.02. The summed E-state index contributed by atoms with van der Waals surface area (Å²) in [5.74, 6) is -1.26. The Morgan fingerprint density at radius 2 is 1.65 bits per heavy atom. The molecule has 2 aromatic carbocycles. The van der Waals surface area contributed by atoms with Crippen molar-refractivity contribution in [1.29, 1.82) is 0 Å². The van der Waals surface area contributed by atoms with Gasteiger partial charge in [0.25, 0.3) is 5.91 Å². The van der Waals surface area contributed by atoms with Gasteiger partial charge >= 0.3 is 0 Å². The molecular weight excluding hydrogens is 436 g/mol. The average Bonchev–Trinajstić information content (AvgIpc) is 2.36. The van der Waals surface area contributed by atoms with E-state index in [1.54, 1.807) is 12.1 Å². The Bertz CT molecular complexity index is 671. The molecule has 0 aromatic heterocycles. The molecule has 2 rings (SSSR count). The molecule has 0 fully saturated rings. The highest BCUT2D eigenvalue weighted by Gasteiger charge is 2.16. The average molecular weight is 442 g/mol. The molecule has 0 aliphatic heterocycles. The maximum atomic E-state index is 13.6. The van der Waals surface area contributed by atoms with Crippen molar-refractivity contribution >= 4 is 66.7 Å². The van der Waals surface area contributed by atoms with Gasteiger partial charge in [-0.15, -0.1) is 0 Å². The largest absolute Gasteiger partial charge is 0.319 e. The van der Waals surface area contributed by atoms with Gasteiger partial charge in [-0.25, -0.2) is 4.39 Å². The summed E-state index contributed by atoms with van der Waals surface area (Å²) in [7, 11) is 0. The molecule has 0 atom stereocenters. The van der Waals surface area contributed by atoms with Crippen molar-refractivity contribution < 1.29 is 9.18 Å². The van der Waals surface area contributed by atoms with E-state index in [4.69, 9.17) is 23.2 Å². The van der Waals surface area contributed by atoms with Crippen molar-refractivity contribution in [3.05, 3.63) is 60.7 Å². The summed E-state index contributed by atoms with van der Waals surface area (Å²) in [6.45, 7) is 0. The van der Waals surface area contributed by atoms with Crippen molar-refractivity contribution in [1.82, 2.24) is 0 Å². The minimum Gasteiger partial charge on any atom is -0.319 e. The first-order valence-electron chi connectivity index (χ1n) is 5.29. The van der Waals surface area contributed by atoms with E-state index in [0.717, 1.165) is 0 Å². The Morgan fingerprint density at radius 1 is 1.05 bits per heavy atom. The molecule has 2 aromatic rings. The SMILES string of the molecule is O=C(Nc1c(Cl)cc(Br)cc1Cl)c1cc(Br)ccc1F. The molecule has 0 radical (unpaired) electrons. The molecule has 0 heterocycles. The number of carbonyl (C=O) groups is 1. The van der Waals surface area contributed by atoms with E-state index in [-0.39, 0.29) is 21.3 Å². The molecule has 0 unspecified atom stereocenters. The number of halogens is 5. The van der Waals surface area contributed by atoms with E-state index in [1.165, 1.54) is 18.2 Å². The van der Waals surface area contributed by atoms with Crippen LogP contribution < -0.4 is 5.32 Å². The molecule has 0 saturated carbocycles. The molecule has 104 valence electrons. The second-order valence-electron chi connectivity index (χ2n) is 3.82. The van der Waals surface area contributed by atoms with Gasteiger partial charge in [0, 0.05) is 8.95 Å². The predicted octanol–water partition coefficient (Wildman–Crippen LogP) is 5.91. The second-order valence-corrected chi connectivity index (χ2v) is 6.47. The van der Waals surface area contributed by atoms with Gasteiger partial charge in [-0.05, 0) is 30.3 Å². The highest BCUT2D eigenvalue weighted by Crippen LogP contribution is 2.34. The molecule has 0 saturated heterocycles. The van der Waals surface area contributed by atoms with Gasteiger partial charge in [0.05, 0.1) is 21.3 Å². The second kappa shape index (κ2) is 6.43. The third-order valence-electron chi connectivity index (χ3n) is 2.42. The quantitative estimate of drug-likeness (QED) is 0.616. The van der Waals surface area contributed by atoms with E-state index in [1.807, 2.05) is 0 Å². The first-order chi connectivity index (χ1) is 9.38. The van der Waals surface area contributed by atoms with Crippen LogP contribution in [-0.2, 0) is 0 Å². The Balaban J connectivity index is 2.35. The lowest BCUT2D eigenvalue weighted by molar-refractivity contribution is 0.102. The summed E-state index contributed by atoms with van der Waals surface area (Å²) in [5.41, 5.74) is 0.135. The van der Waals surface area contributed by atoms with Crippen LogP contribution in [0.15, 0.2) is 39.3 Å². The normalized spacial score (nSPS) is 10.4. The zero-order valence-corrected chi connectivity index (χ0v) is 14.4. The van der Waals surface area contributed by atoms with Crippen LogP contribution >= 0.6 is 55.1 Å². The molecule has 1 N–H and O–H groups in total. The highest BCUT2D eigenvalue weighted by atomic mass is 79.9. The fourth-order valence-corrected chi connectivity index (χ4v) is 3.18. The van der Waals surface area contributed by atoms with Crippen LogP contribution in [0.4, 0.5) is 10.1 Å². The standard InChI is InChI=1S/C13H6Br2Cl2FNO/c14-6-1-2-11(18)8(3-6)13(20)19-12-9(16)4-7(15)5-10(12)17/h1-5H,(H,19,20). The molecule has 20 heavy (non-hydrogen) atoms. The smallest absolute Gasteiger partial charge is 0.258 e. The fraction of sp³-hybridized carbons (Fsp3) is 0. The lowest BCUT2D eigenvalue weighted by Gasteiger charge is -2.10. The van der Waals surface area contributed by atoms with E-state index >= 15 is 0 Å². The van der Waals surface area contributed by atoms with Crippen molar-refractivity contribution in [2.75, 3.05) is 5.32 Å². The zero-order chi connectivity index (χ0) is 14.9. The highest BCUT2D eigenvalue weighted by molar-refractivity contribution is 9.10. The molecule has 0 bridgehead atoms. The van der Waals surface area contributed by atoms with Gasteiger partial charge in [0.1, 0.15) is 5.82 Å². The van der Waals surface area contributed by atoms with Crippen molar-refractivity contribution in [2.45, 2.75) is 0 Å². The Labute approximate surface area is 141 Å². The monoisotopic (exact) mass is 439 g/mol. The third kappa shape index (κ3) is 3.52. The minimum absolute atomic E-state index is 0.102. The Morgan fingerprint density at radius 3 is 2.25 bits per heavy atom. The van der Waals surface area contributed by atoms with Gasteiger partial charge < -0.3 is 5.32 Å². The summed E-state index contributed by atoms with van der Waals surface area (Å²) < 4.78 is 14.9. The molecule has 0 aliphatic rings. The fourth-order valence-electron chi connectivity index (χ4n) is 1.51. The molecule has 0 aliphatic carbocycles. The van der Waals surface area contributed by atoms with Crippen LogP contribution in [-0.4, -0.2) is 5.91 Å². The van der Waals surface area contributed by atoms with Gasteiger partial charge in [0.15, 0.2) is 0 Å². The third-order valence-corrected chi connectivity index (χ3v) is 3.97. The van der Waals surface area contributed by atoms with Crippen molar-refractivity contribution in [3.8, 4) is 0 Å². The number of anilines is 1. The minimum atomic E-state index is -0.630. The maximum Gasteiger partial charge on any atom is 0.258 e. The number of rotatable bonds is 2. The van der Waals surface area contributed by atoms with Crippen LogP contribution in [0.25, 0.3) is 0 Å². The van der Waals surface area contributed by atoms with Gasteiger partial charge in [0.2, 0.25) is 0 Å². The van der Waals surface area contributed by atoms with Gasteiger partial charge in [-0.3, -0.25) is 4.79 Å². The van der Waals surface area contributed by atoms with E-state index in [2.05, 4.69) is 37.2 Å². The number of nitrogens with one attached hydrogen (secondary N) is 1.